The summed E-state index contributed by atoms with van der Waals surface area (Å²) in [6.45, 7) is 15.8. The molecule has 1 aliphatic heterocycles. The van der Waals surface area contributed by atoms with Gasteiger partial charge in [0.1, 0.15) is 12.8 Å². The zero-order valence-electron chi connectivity index (χ0n) is 18.1. The van der Waals surface area contributed by atoms with Gasteiger partial charge in [-0.3, -0.25) is 0 Å². The molecule has 5 rings (SSSR count). The van der Waals surface area contributed by atoms with Crippen molar-refractivity contribution >= 4 is 21.7 Å². The van der Waals surface area contributed by atoms with Crippen molar-refractivity contribution in [2.75, 3.05) is 0 Å². The van der Waals surface area contributed by atoms with Crippen LogP contribution in [0.1, 0.15) is 30.5 Å². The first-order valence-electron chi connectivity index (χ1n) is 10.3. The molecule has 0 unspecified atom stereocenters. The molecule has 0 saturated heterocycles. The fourth-order valence-electron chi connectivity index (χ4n) is 4.70. The van der Waals surface area contributed by atoms with Crippen LogP contribution >= 0.6 is 0 Å². The van der Waals surface area contributed by atoms with Crippen LogP contribution in [0.15, 0.2) is 48.5 Å². The average Bonchev–Trinajstić information content (AvgIpc) is 2.71. The zero-order valence-corrected chi connectivity index (χ0v) is 18.1. The van der Waals surface area contributed by atoms with Gasteiger partial charge in [-0.25, -0.2) is 6.57 Å². The summed E-state index contributed by atoms with van der Waals surface area (Å²) in [5, 5.41) is 3.54. The SMILES string of the molecule is [C-]#[N+]C(C)(C)Cc1ccc2c(c1)cc1c([n+]2C)-c2c(C)c(C)cc3cccc(c23)O1. The van der Waals surface area contributed by atoms with E-state index in [0.717, 1.165) is 34.5 Å². The minimum absolute atomic E-state index is 0.399. The van der Waals surface area contributed by atoms with Gasteiger partial charge in [0.25, 0.3) is 5.69 Å². The Balaban J connectivity index is 1.79. The lowest BCUT2D eigenvalue weighted by Crippen LogP contribution is -2.33. The van der Waals surface area contributed by atoms with Crippen molar-refractivity contribution in [2.45, 2.75) is 39.7 Å². The van der Waals surface area contributed by atoms with Crippen molar-refractivity contribution in [3.05, 3.63) is 76.6 Å². The second-order valence-electron chi connectivity index (χ2n) is 9.06. The first kappa shape index (κ1) is 18.6. The maximum Gasteiger partial charge on any atom is 0.256 e. The number of benzene rings is 3. The third-order valence-corrected chi connectivity index (χ3v) is 6.35. The van der Waals surface area contributed by atoms with Gasteiger partial charge >= 0.3 is 0 Å². The summed E-state index contributed by atoms with van der Waals surface area (Å²) in [6, 6.07) is 17.2. The van der Waals surface area contributed by atoms with Crippen LogP contribution in [-0.2, 0) is 13.5 Å². The second-order valence-corrected chi connectivity index (χ2v) is 9.06. The summed E-state index contributed by atoms with van der Waals surface area (Å²) < 4.78 is 8.68. The standard InChI is InChI=1S/C27H25N2O/c1-16-12-19-8-7-9-22-25(19)24(17(16)2)26-23(30-22)14-20-13-18(15-27(3,4)28-5)10-11-21(20)29(26)6/h7-14H,15H2,1-4,6H3/q+1. The van der Waals surface area contributed by atoms with Crippen LogP contribution in [0.25, 0.3) is 37.8 Å². The molecule has 0 atom stereocenters. The van der Waals surface area contributed by atoms with Crippen LogP contribution in [0.5, 0.6) is 11.5 Å². The molecule has 1 aromatic heterocycles. The molecule has 0 spiro atoms. The second kappa shape index (κ2) is 6.31. The molecule has 3 heteroatoms. The summed E-state index contributed by atoms with van der Waals surface area (Å²) in [6.07, 6.45) is 0.731. The van der Waals surface area contributed by atoms with Gasteiger partial charge in [-0.1, -0.05) is 24.3 Å². The third kappa shape index (κ3) is 2.68. The summed E-state index contributed by atoms with van der Waals surface area (Å²) in [4.78, 5) is 3.77. The maximum absolute atomic E-state index is 7.44. The largest absolute Gasteiger partial charge is 0.450 e. The fourth-order valence-corrected chi connectivity index (χ4v) is 4.70. The van der Waals surface area contributed by atoms with Crippen LogP contribution in [0.3, 0.4) is 0 Å². The predicted molar refractivity (Wildman–Crippen MR) is 122 cm³/mol. The van der Waals surface area contributed by atoms with E-state index in [1.54, 1.807) is 0 Å². The number of pyridine rings is 1. The molecule has 2 heterocycles. The van der Waals surface area contributed by atoms with Gasteiger partial charge < -0.3 is 9.58 Å². The predicted octanol–water partition coefficient (Wildman–Crippen LogP) is 6.45. The monoisotopic (exact) mass is 393 g/mol. The van der Waals surface area contributed by atoms with Crippen molar-refractivity contribution in [3.8, 4) is 22.8 Å². The first-order valence-corrected chi connectivity index (χ1v) is 10.3. The molecule has 4 aromatic rings. The molecule has 0 bridgehead atoms. The molecule has 0 radical (unpaired) electrons. The maximum atomic E-state index is 7.44. The minimum Gasteiger partial charge on any atom is -0.450 e. The molecule has 0 N–H and O–H groups in total. The smallest absolute Gasteiger partial charge is 0.256 e. The number of nitrogens with zero attached hydrogens (tertiary/aromatic N) is 2. The van der Waals surface area contributed by atoms with Gasteiger partial charge in [0.05, 0.1) is 17.4 Å². The Morgan fingerprint density at radius 2 is 1.80 bits per heavy atom. The van der Waals surface area contributed by atoms with Gasteiger partial charge in [-0.05, 0) is 48.1 Å². The highest BCUT2D eigenvalue weighted by Gasteiger charge is 2.31. The Bertz CT molecular complexity index is 1410. The van der Waals surface area contributed by atoms with E-state index in [1.165, 1.54) is 33.0 Å². The first-order chi connectivity index (χ1) is 14.3. The molecule has 148 valence electrons. The number of aryl methyl sites for hydroxylation is 2. The Labute approximate surface area is 177 Å². The average molecular weight is 394 g/mol. The Kier molecular flexibility index (Phi) is 3.92. The van der Waals surface area contributed by atoms with E-state index in [9.17, 15) is 0 Å². The van der Waals surface area contributed by atoms with Crippen molar-refractivity contribution in [1.29, 1.82) is 0 Å². The highest BCUT2D eigenvalue weighted by Crippen LogP contribution is 2.47. The number of ether oxygens (including phenoxy) is 1. The topological polar surface area (TPSA) is 17.5 Å². The normalized spacial score (nSPS) is 12.5. The molecule has 0 aliphatic carbocycles. The van der Waals surface area contributed by atoms with Gasteiger partial charge in [-0.2, -0.15) is 4.57 Å². The van der Waals surface area contributed by atoms with Crippen molar-refractivity contribution in [3.63, 3.8) is 0 Å². The number of rotatable bonds is 2. The summed E-state index contributed by atoms with van der Waals surface area (Å²) in [7, 11) is 2.12. The fraction of sp³-hybridized carbons (Fsp3) is 0.259. The zero-order chi connectivity index (χ0) is 21.2. The molecule has 0 amide bonds. The lowest BCUT2D eigenvalue weighted by Gasteiger charge is -2.22. The molecule has 3 aromatic carbocycles. The van der Waals surface area contributed by atoms with Crippen molar-refractivity contribution in [1.82, 2.24) is 0 Å². The molecular formula is C27H25N2O+. The van der Waals surface area contributed by atoms with Gasteiger partial charge in [0, 0.05) is 31.4 Å². The lowest BCUT2D eigenvalue weighted by atomic mass is 9.90. The van der Waals surface area contributed by atoms with E-state index in [4.69, 9.17) is 11.3 Å². The Morgan fingerprint density at radius 3 is 2.57 bits per heavy atom. The molecule has 0 saturated carbocycles. The van der Waals surface area contributed by atoms with Crippen LogP contribution in [0.2, 0.25) is 0 Å². The van der Waals surface area contributed by atoms with E-state index in [2.05, 4.69) is 78.8 Å². The minimum atomic E-state index is -0.399. The number of hydrogen-bond donors (Lipinski definition) is 0. The van der Waals surface area contributed by atoms with Crippen LogP contribution in [0.4, 0.5) is 0 Å². The van der Waals surface area contributed by atoms with Gasteiger partial charge in [-0.15, -0.1) is 0 Å². The molecular weight excluding hydrogens is 368 g/mol. The lowest BCUT2D eigenvalue weighted by molar-refractivity contribution is -0.633. The van der Waals surface area contributed by atoms with E-state index in [-0.39, 0.29) is 0 Å². The van der Waals surface area contributed by atoms with Gasteiger partial charge in [0.15, 0.2) is 5.75 Å². The molecule has 0 fully saturated rings. The Morgan fingerprint density at radius 1 is 1.00 bits per heavy atom. The highest BCUT2D eigenvalue weighted by molar-refractivity contribution is 6.05. The highest BCUT2D eigenvalue weighted by atomic mass is 16.5. The third-order valence-electron chi connectivity index (χ3n) is 6.35. The number of fused-ring (bicyclic) bond motifs is 3. The van der Waals surface area contributed by atoms with Crippen molar-refractivity contribution in [2.24, 2.45) is 7.05 Å². The summed E-state index contributed by atoms with van der Waals surface area (Å²) in [5.74, 6) is 1.81. The van der Waals surface area contributed by atoms with Crippen molar-refractivity contribution < 1.29 is 9.30 Å². The van der Waals surface area contributed by atoms with E-state index in [1.807, 2.05) is 13.8 Å². The summed E-state index contributed by atoms with van der Waals surface area (Å²) in [5.41, 5.74) is 6.92. The van der Waals surface area contributed by atoms with E-state index >= 15 is 0 Å². The Hall–Kier alpha value is -3.38. The molecule has 1 aliphatic rings. The molecule has 30 heavy (non-hydrogen) atoms. The quantitative estimate of drug-likeness (QED) is 0.249. The van der Waals surface area contributed by atoms with E-state index < -0.39 is 5.54 Å². The van der Waals surface area contributed by atoms with Crippen LogP contribution < -0.4 is 9.30 Å². The number of aromatic nitrogens is 1. The van der Waals surface area contributed by atoms with Crippen LogP contribution in [-0.4, -0.2) is 5.54 Å². The van der Waals surface area contributed by atoms with Gasteiger partial charge in [0.2, 0.25) is 11.1 Å². The summed E-state index contributed by atoms with van der Waals surface area (Å²) >= 11 is 0. The molecule has 3 nitrogen and oxygen atoms in total. The number of hydrogen-bond acceptors (Lipinski definition) is 1. The van der Waals surface area contributed by atoms with Crippen LogP contribution in [0, 0.1) is 20.4 Å². The van der Waals surface area contributed by atoms with E-state index in [0.29, 0.717) is 0 Å².